The van der Waals surface area contributed by atoms with E-state index in [-0.39, 0.29) is 23.1 Å². The Morgan fingerprint density at radius 3 is 2.35 bits per heavy atom. The molecule has 142 valence electrons. The van der Waals surface area contributed by atoms with E-state index in [0.717, 1.165) is 32.1 Å². The normalized spacial score (nSPS) is 21.6. The molecule has 1 atom stereocenters. The van der Waals surface area contributed by atoms with Gasteiger partial charge in [0.2, 0.25) is 16.1 Å². The van der Waals surface area contributed by atoms with Gasteiger partial charge >= 0.3 is 11.9 Å². The Morgan fingerprint density at radius 1 is 1.12 bits per heavy atom. The molecule has 3 rings (SSSR count). The lowest BCUT2D eigenvalue weighted by atomic mass is 9.96. The summed E-state index contributed by atoms with van der Waals surface area (Å²) in [5.74, 6) is -1.22. The van der Waals surface area contributed by atoms with Gasteiger partial charge in [-0.2, -0.15) is 4.31 Å². The van der Waals surface area contributed by atoms with E-state index in [1.54, 1.807) is 7.05 Å². The first-order valence-corrected chi connectivity index (χ1v) is 10.3. The summed E-state index contributed by atoms with van der Waals surface area (Å²) < 4.78 is 36.9. The van der Waals surface area contributed by atoms with E-state index >= 15 is 0 Å². The third-order valence-electron chi connectivity index (χ3n) is 4.99. The van der Waals surface area contributed by atoms with Crippen molar-refractivity contribution >= 4 is 22.0 Å². The van der Waals surface area contributed by atoms with Crippen molar-refractivity contribution < 1.29 is 27.5 Å². The van der Waals surface area contributed by atoms with Crippen LogP contribution in [0.4, 0.5) is 0 Å². The molecule has 1 saturated carbocycles. The van der Waals surface area contributed by atoms with Crippen LogP contribution in [0.3, 0.4) is 0 Å². The molecular formula is C18H23NO6S. The van der Waals surface area contributed by atoms with Gasteiger partial charge in [-0.15, -0.1) is 0 Å². The van der Waals surface area contributed by atoms with E-state index in [0.29, 0.717) is 6.42 Å². The average Bonchev–Trinajstić information content (AvgIpc) is 3.06. The molecule has 1 aliphatic carbocycles. The SMILES string of the molecule is CN(C1CCCCC1)S(=O)(=O)c1ccc(C(=O)OC2CCOC2=O)cc1. The first kappa shape index (κ1) is 18.8. The van der Waals surface area contributed by atoms with Crippen LogP contribution in [-0.4, -0.2) is 50.5 Å². The van der Waals surface area contributed by atoms with E-state index in [2.05, 4.69) is 0 Å². The quantitative estimate of drug-likeness (QED) is 0.726. The van der Waals surface area contributed by atoms with Gasteiger partial charge in [0.1, 0.15) is 0 Å². The minimum atomic E-state index is -3.61. The van der Waals surface area contributed by atoms with Gasteiger partial charge in [-0.1, -0.05) is 19.3 Å². The molecule has 0 N–H and O–H groups in total. The molecule has 1 aliphatic heterocycles. The van der Waals surface area contributed by atoms with Crippen molar-refractivity contribution in [1.29, 1.82) is 0 Å². The van der Waals surface area contributed by atoms with Crippen LogP contribution in [0.15, 0.2) is 29.2 Å². The van der Waals surface area contributed by atoms with E-state index < -0.39 is 28.1 Å². The van der Waals surface area contributed by atoms with Crippen molar-refractivity contribution in [2.45, 2.75) is 55.6 Å². The van der Waals surface area contributed by atoms with Gasteiger partial charge in [-0.05, 0) is 37.1 Å². The van der Waals surface area contributed by atoms with Crippen molar-refractivity contribution in [2.24, 2.45) is 0 Å². The van der Waals surface area contributed by atoms with E-state index in [9.17, 15) is 18.0 Å². The van der Waals surface area contributed by atoms with Crippen molar-refractivity contribution in [3.8, 4) is 0 Å². The molecular weight excluding hydrogens is 358 g/mol. The van der Waals surface area contributed by atoms with Gasteiger partial charge in [0.15, 0.2) is 0 Å². The van der Waals surface area contributed by atoms with Crippen molar-refractivity contribution in [2.75, 3.05) is 13.7 Å². The van der Waals surface area contributed by atoms with E-state index in [1.807, 2.05) is 0 Å². The van der Waals surface area contributed by atoms with Crippen LogP contribution in [0.5, 0.6) is 0 Å². The predicted octanol–water partition coefficient (Wildman–Crippen LogP) is 2.11. The second-order valence-electron chi connectivity index (χ2n) is 6.69. The van der Waals surface area contributed by atoms with Gasteiger partial charge in [0.05, 0.1) is 17.1 Å². The number of esters is 2. The topological polar surface area (TPSA) is 90.0 Å². The summed E-state index contributed by atoms with van der Waals surface area (Å²) in [6, 6.07) is 5.64. The van der Waals surface area contributed by atoms with Gasteiger partial charge in [-0.25, -0.2) is 18.0 Å². The zero-order valence-corrected chi connectivity index (χ0v) is 15.5. The largest absolute Gasteiger partial charge is 0.463 e. The Kier molecular flexibility index (Phi) is 5.62. The number of nitrogens with zero attached hydrogens (tertiary/aromatic N) is 1. The summed E-state index contributed by atoms with van der Waals surface area (Å²) in [6.45, 7) is 0.238. The maximum Gasteiger partial charge on any atom is 0.347 e. The predicted molar refractivity (Wildman–Crippen MR) is 93.0 cm³/mol. The molecule has 26 heavy (non-hydrogen) atoms. The molecule has 2 fully saturated rings. The van der Waals surface area contributed by atoms with Crippen molar-refractivity contribution in [3.05, 3.63) is 29.8 Å². The summed E-state index contributed by atoms with van der Waals surface area (Å²) in [4.78, 5) is 23.6. The number of carbonyl (C=O) groups is 2. The number of carbonyl (C=O) groups excluding carboxylic acids is 2. The monoisotopic (exact) mass is 381 g/mol. The zero-order chi connectivity index (χ0) is 18.7. The molecule has 1 saturated heterocycles. The minimum Gasteiger partial charge on any atom is -0.463 e. The minimum absolute atomic E-state index is 0.0202. The lowest BCUT2D eigenvalue weighted by Gasteiger charge is -2.30. The third kappa shape index (κ3) is 3.91. The van der Waals surface area contributed by atoms with E-state index in [1.165, 1.54) is 28.6 Å². The molecule has 8 heteroatoms. The Balaban J connectivity index is 1.69. The molecule has 0 radical (unpaired) electrons. The maximum atomic E-state index is 12.8. The summed E-state index contributed by atoms with van der Waals surface area (Å²) in [5.41, 5.74) is 0.198. The molecule has 1 aromatic rings. The highest BCUT2D eigenvalue weighted by Crippen LogP contribution is 2.26. The Morgan fingerprint density at radius 2 is 1.77 bits per heavy atom. The molecule has 0 spiro atoms. The molecule has 0 bridgehead atoms. The molecule has 0 aromatic heterocycles. The number of sulfonamides is 1. The highest BCUT2D eigenvalue weighted by Gasteiger charge is 2.31. The standard InChI is InChI=1S/C18H23NO6S/c1-19(14-5-3-2-4-6-14)26(22,23)15-9-7-13(8-10-15)17(20)25-16-11-12-24-18(16)21/h7-10,14,16H,2-6,11-12H2,1H3. The van der Waals surface area contributed by atoms with Crippen LogP contribution in [0.2, 0.25) is 0 Å². The average molecular weight is 381 g/mol. The highest BCUT2D eigenvalue weighted by atomic mass is 32.2. The van der Waals surface area contributed by atoms with E-state index in [4.69, 9.17) is 9.47 Å². The van der Waals surface area contributed by atoms with Crippen molar-refractivity contribution in [3.63, 3.8) is 0 Å². The molecule has 1 aromatic carbocycles. The fourth-order valence-corrected chi connectivity index (χ4v) is 4.77. The van der Waals surface area contributed by atoms with Gasteiger partial charge in [0.25, 0.3) is 0 Å². The lowest BCUT2D eigenvalue weighted by Crippen LogP contribution is -2.38. The Bertz CT molecular complexity index is 767. The number of hydrogen-bond donors (Lipinski definition) is 0. The summed E-state index contributed by atoms with van der Waals surface area (Å²) in [6.07, 6.45) is 4.43. The van der Waals surface area contributed by atoms with Crippen LogP contribution >= 0.6 is 0 Å². The van der Waals surface area contributed by atoms with Gasteiger partial charge in [0, 0.05) is 19.5 Å². The number of hydrogen-bond acceptors (Lipinski definition) is 6. The molecule has 2 aliphatic rings. The van der Waals surface area contributed by atoms with Gasteiger partial charge in [-0.3, -0.25) is 0 Å². The lowest BCUT2D eigenvalue weighted by molar-refractivity contribution is -0.145. The third-order valence-corrected chi connectivity index (χ3v) is 6.92. The molecule has 1 heterocycles. The molecule has 1 unspecified atom stereocenters. The van der Waals surface area contributed by atoms with Crippen LogP contribution in [0, 0.1) is 0 Å². The fourth-order valence-electron chi connectivity index (χ4n) is 3.35. The number of rotatable bonds is 5. The smallest absolute Gasteiger partial charge is 0.347 e. The zero-order valence-electron chi connectivity index (χ0n) is 14.7. The highest BCUT2D eigenvalue weighted by molar-refractivity contribution is 7.89. The number of benzene rings is 1. The second kappa shape index (κ2) is 7.75. The summed E-state index contributed by atoms with van der Waals surface area (Å²) in [7, 11) is -1.99. The second-order valence-corrected chi connectivity index (χ2v) is 8.69. The Hall–Kier alpha value is -1.93. The van der Waals surface area contributed by atoms with Crippen LogP contribution < -0.4 is 0 Å². The number of ether oxygens (including phenoxy) is 2. The van der Waals surface area contributed by atoms with Crippen molar-refractivity contribution in [1.82, 2.24) is 4.31 Å². The first-order chi connectivity index (χ1) is 12.4. The van der Waals surface area contributed by atoms with Gasteiger partial charge < -0.3 is 9.47 Å². The summed E-state index contributed by atoms with van der Waals surface area (Å²) in [5, 5.41) is 0. The Labute approximate surface area is 153 Å². The molecule has 0 amide bonds. The first-order valence-electron chi connectivity index (χ1n) is 8.85. The van der Waals surface area contributed by atoms with Crippen LogP contribution in [0.1, 0.15) is 48.9 Å². The number of cyclic esters (lactones) is 1. The van der Waals surface area contributed by atoms with Crippen LogP contribution in [0.25, 0.3) is 0 Å². The maximum absolute atomic E-state index is 12.8. The molecule has 7 nitrogen and oxygen atoms in total. The van der Waals surface area contributed by atoms with Crippen LogP contribution in [-0.2, 0) is 24.3 Å². The fraction of sp³-hybridized carbons (Fsp3) is 0.556. The summed E-state index contributed by atoms with van der Waals surface area (Å²) >= 11 is 0.